The first-order valence-corrected chi connectivity index (χ1v) is 9.61. The number of nitrogens with zero attached hydrogens (tertiary/aromatic N) is 3. The summed E-state index contributed by atoms with van der Waals surface area (Å²) < 4.78 is 0. The van der Waals surface area contributed by atoms with Crippen LogP contribution in [0.1, 0.15) is 29.0 Å². The van der Waals surface area contributed by atoms with Crippen LogP contribution in [0, 0.1) is 0 Å². The molecule has 0 fully saturated rings. The second kappa shape index (κ2) is 7.89. The third-order valence-corrected chi connectivity index (χ3v) is 5.15. The van der Waals surface area contributed by atoms with Crippen LogP contribution in [0.4, 0.5) is 5.95 Å². The summed E-state index contributed by atoms with van der Waals surface area (Å²) in [5, 5.41) is 3.37. The van der Waals surface area contributed by atoms with Crippen LogP contribution in [-0.2, 0) is 6.42 Å². The predicted molar refractivity (Wildman–Crippen MR) is 111 cm³/mol. The first-order valence-electron chi connectivity index (χ1n) is 9.61. The Morgan fingerprint density at radius 2 is 1.81 bits per heavy atom. The van der Waals surface area contributed by atoms with Gasteiger partial charge in [0.1, 0.15) is 0 Å². The SMILES string of the molecule is CN(C)CCCNc1ncc2c(n1)-c1ccccc1C(c1ccccc1)C2. The van der Waals surface area contributed by atoms with Crippen LogP contribution in [0.2, 0.25) is 0 Å². The summed E-state index contributed by atoms with van der Waals surface area (Å²) in [5.74, 6) is 1.08. The number of anilines is 1. The molecule has 3 aromatic rings. The van der Waals surface area contributed by atoms with Crippen LogP contribution >= 0.6 is 0 Å². The van der Waals surface area contributed by atoms with Gasteiger partial charge in [-0.25, -0.2) is 9.97 Å². The van der Waals surface area contributed by atoms with Gasteiger partial charge in [-0.2, -0.15) is 0 Å². The number of rotatable bonds is 6. The Morgan fingerprint density at radius 1 is 1.04 bits per heavy atom. The topological polar surface area (TPSA) is 41.0 Å². The lowest BCUT2D eigenvalue weighted by Crippen LogP contribution is -2.18. The van der Waals surface area contributed by atoms with Crippen LogP contribution < -0.4 is 5.32 Å². The Morgan fingerprint density at radius 3 is 2.63 bits per heavy atom. The third-order valence-electron chi connectivity index (χ3n) is 5.15. The molecule has 1 aliphatic rings. The maximum absolute atomic E-state index is 4.86. The van der Waals surface area contributed by atoms with E-state index < -0.39 is 0 Å². The number of nitrogens with one attached hydrogen (secondary N) is 1. The number of aromatic nitrogens is 2. The minimum absolute atomic E-state index is 0.359. The third kappa shape index (κ3) is 3.86. The van der Waals surface area contributed by atoms with Crippen molar-refractivity contribution in [1.29, 1.82) is 0 Å². The van der Waals surface area contributed by atoms with Gasteiger partial charge in [0.25, 0.3) is 0 Å². The Hall–Kier alpha value is -2.72. The second-order valence-electron chi connectivity index (χ2n) is 7.41. The summed E-state index contributed by atoms with van der Waals surface area (Å²) in [7, 11) is 4.19. The molecule has 1 aliphatic carbocycles. The Kier molecular flexibility index (Phi) is 5.16. The van der Waals surface area contributed by atoms with E-state index in [1.165, 1.54) is 22.3 Å². The van der Waals surface area contributed by atoms with Gasteiger partial charge in [-0.3, -0.25) is 0 Å². The Labute approximate surface area is 161 Å². The van der Waals surface area contributed by atoms with Crippen molar-refractivity contribution in [2.24, 2.45) is 0 Å². The van der Waals surface area contributed by atoms with Gasteiger partial charge < -0.3 is 10.2 Å². The van der Waals surface area contributed by atoms with E-state index in [0.29, 0.717) is 5.92 Å². The molecule has 0 aliphatic heterocycles. The monoisotopic (exact) mass is 358 g/mol. The highest BCUT2D eigenvalue weighted by Crippen LogP contribution is 2.41. The van der Waals surface area contributed by atoms with Crippen molar-refractivity contribution in [3.63, 3.8) is 0 Å². The van der Waals surface area contributed by atoms with Gasteiger partial charge in [0.05, 0.1) is 5.69 Å². The standard InChI is InChI=1S/C23H26N4/c1-27(2)14-8-13-24-23-25-16-18-15-21(17-9-4-3-5-10-17)19-11-6-7-12-20(19)22(18)26-23/h3-7,9-12,16,21H,8,13-15H2,1-2H3,(H,24,25,26). The van der Waals surface area contributed by atoms with Crippen LogP contribution in [0.5, 0.6) is 0 Å². The van der Waals surface area contributed by atoms with Gasteiger partial charge >= 0.3 is 0 Å². The number of hydrogen-bond donors (Lipinski definition) is 1. The quantitative estimate of drug-likeness (QED) is 0.671. The van der Waals surface area contributed by atoms with Gasteiger partial charge in [0.2, 0.25) is 5.95 Å². The maximum atomic E-state index is 4.86. The van der Waals surface area contributed by atoms with E-state index in [4.69, 9.17) is 4.98 Å². The van der Waals surface area contributed by atoms with Crippen molar-refractivity contribution >= 4 is 5.95 Å². The molecule has 0 amide bonds. The average molecular weight is 358 g/mol. The fourth-order valence-corrected chi connectivity index (χ4v) is 3.80. The van der Waals surface area contributed by atoms with Gasteiger partial charge in [-0.05, 0) is 50.2 Å². The average Bonchev–Trinajstić information content (AvgIpc) is 2.71. The lowest BCUT2D eigenvalue weighted by Gasteiger charge is -2.27. The molecule has 2 aromatic carbocycles. The second-order valence-corrected chi connectivity index (χ2v) is 7.41. The molecular weight excluding hydrogens is 332 g/mol. The number of fused-ring (bicyclic) bond motifs is 3. The molecule has 4 nitrogen and oxygen atoms in total. The molecule has 0 radical (unpaired) electrons. The highest BCUT2D eigenvalue weighted by atomic mass is 15.1. The minimum Gasteiger partial charge on any atom is -0.354 e. The fraction of sp³-hybridized carbons (Fsp3) is 0.304. The van der Waals surface area contributed by atoms with E-state index in [2.05, 4.69) is 83.9 Å². The van der Waals surface area contributed by atoms with Crippen molar-refractivity contribution in [2.45, 2.75) is 18.8 Å². The van der Waals surface area contributed by atoms with Crippen molar-refractivity contribution in [2.75, 3.05) is 32.5 Å². The molecule has 4 rings (SSSR count). The van der Waals surface area contributed by atoms with Crippen LogP contribution in [0.15, 0.2) is 60.8 Å². The maximum Gasteiger partial charge on any atom is 0.223 e. The highest BCUT2D eigenvalue weighted by Gasteiger charge is 2.27. The van der Waals surface area contributed by atoms with Crippen molar-refractivity contribution in [3.05, 3.63) is 77.5 Å². The molecule has 1 aromatic heterocycles. The van der Waals surface area contributed by atoms with Gasteiger partial charge in [-0.15, -0.1) is 0 Å². The van der Waals surface area contributed by atoms with Crippen molar-refractivity contribution < 1.29 is 0 Å². The zero-order valence-electron chi connectivity index (χ0n) is 16.0. The summed E-state index contributed by atoms with van der Waals surface area (Å²) in [6.07, 6.45) is 4.01. The number of hydrogen-bond acceptors (Lipinski definition) is 4. The zero-order chi connectivity index (χ0) is 18.6. The first-order chi connectivity index (χ1) is 13.2. The molecule has 0 bridgehead atoms. The normalized spacial score (nSPS) is 15.3. The summed E-state index contributed by atoms with van der Waals surface area (Å²) >= 11 is 0. The zero-order valence-corrected chi connectivity index (χ0v) is 16.0. The van der Waals surface area contributed by atoms with Crippen molar-refractivity contribution in [3.8, 4) is 11.3 Å². The molecule has 0 spiro atoms. The number of benzene rings is 2. The summed E-state index contributed by atoms with van der Waals surface area (Å²) in [6.45, 7) is 1.94. The van der Waals surface area contributed by atoms with E-state index >= 15 is 0 Å². The van der Waals surface area contributed by atoms with E-state index in [1.54, 1.807) is 0 Å². The molecule has 27 heavy (non-hydrogen) atoms. The molecule has 138 valence electrons. The molecule has 1 heterocycles. The van der Waals surface area contributed by atoms with Crippen molar-refractivity contribution in [1.82, 2.24) is 14.9 Å². The molecule has 1 atom stereocenters. The predicted octanol–water partition coefficient (Wildman–Crippen LogP) is 4.20. The van der Waals surface area contributed by atoms with E-state index in [-0.39, 0.29) is 0 Å². The lowest BCUT2D eigenvalue weighted by molar-refractivity contribution is 0.405. The van der Waals surface area contributed by atoms with E-state index in [9.17, 15) is 0 Å². The van der Waals surface area contributed by atoms with Gasteiger partial charge in [-0.1, -0.05) is 54.6 Å². The first kappa shape index (κ1) is 17.7. The lowest BCUT2D eigenvalue weighted by atomic mass is 9.78. The molecular formula is C23H26N4. The molecule has 1 unspecified atom stereocenters. The van der Waals surface area contributed by atoms with Gasteiger partial charge in [0, 0.05) is 24.2 Å². The smallest absolute Gasteiger partial charge is 0.223 e. The Balaban J connectivity index is 1.62. The fourth-order valence-electron chi connectivity index (χ4n) is 3.80. The summed E-state index contributed by atoms with van der Waals surface area (Å²) in [4.78, 5) is 11.6. The molecule has 0 saturated carbocycles. The van der Waals surface area contributed by atoms with E-state index in [1.807, 2.05) is 6.20 Å². The van der Waals surface area contributed by atoms with Crippen LogP contribution in [-0.4, -0.2) is 42.1 Å². The largest absolute Gasteiger partial charge is 0.354 e. The minimum atomic E-state index is 0.359. The Bertz CT molecular complexity index is 905. The summed E-state index contributed by atoms with van der Waals surface area (Å²) in [6, 6.07) is 19.4. The molecule has 4 heteroatoms. The molecule has 0 saturated heterocycles. The van der Waals surface area contributed by atoms with Crippen LogP contribution in [0.25, 0.3) is 11.3 Å². The van der Waals surface area contributed by atoms with Gasteiger partial charge in [0.15, 0.2) is 0 Å². The summed E-state index contributed by atoms with van der Waals surface area (Å²) in [5.41, 5.74) is 6.23. The highest BCUT2D eigenvalue weighted by molar-refractivity contribution is 5.72. The molecule has 1 N–H and O–H groups in total. The van der Waals surface area contributed by atoms with E-state index in [0.717, 1.165) is 37.6 Å². The van der Waals surface area contributed by atoms with Crippen LogP contribution in [0.3, 0.4) is 0 Å².